The van der Waals surface area contributed by atoms with Crippen LogP contribution in [0.25, 0.3) is 0 Å². The fourth-order valence-corrected chi connectivity index (χ4v) is 1.30. The van der Waals surface area contributed by atoms with Crippen molar-refractivity contribution in [3.8, 4) is 0 Å². The van der Waals surface area contributed by atoms with Gasteiger partial charge in [0.05, 0.1) is 5.51 Å². The van der Waals surface area contributed by atoms with Crippen molar-refractivity contribution in [2.45, 2.75) is 12.5 Å². The molecular weight excluding hydrogens is 164 g/mol. The summed E-state index contributed by atoms with van der Waals surface area (Å²) in [7, 11) is 0. The highest BCUT2D eigenvalue weighted by atomic mass is 32.1. The Labute approximate surface area is 67.7 Å². The Morgan fingerprint density at radius 3 is 3.09 bits per heavy atom. The Hall–Kier alpha value is -0.940. The lowest BCUT2D eigenvalue weighted by Crippen LogP contribution is -2.31. The normalized spacial score (nSPS) is 12.8. The molecule has 5 heteroatoms. The molecular formula is C6H8N2O2S. The van der Waals surface area contributed by atoms with Crippen molar-refractivity contribution in [2.75, 3.05) is 0 Å². The zero-order valence-electron chi connectivity index (χ0n) is 5.73. The molecule has 1 heterocycles. The molecule has 1 aromatic rings. The van der Waals surface area contributed by atoms with Gasteiger partial charge in [0.15, 0.2) is 0 Å². The predicted molar refractivity (Wildman–Crippen MR) is 41.4 cm³/mol. The highest BCUT2D eigenvalue weighted by molar-refractivity contribution is 7.09. The zero-order chi connectivity index (χ0) is 8.27. The molecule has 3 N–H and O–H groups in total. The molecule has 0 aliphatic rings. The first-order valence-corrected chi connectivity index (χ1v) is 3.94. The van der Waals surface area contributed by atoms with E-state index in [9.17, 15) is 4.79 Å². The topological polar surface area (TPSA) is 76.2 Å². The molecule has 1 aromatic heterocycles. The van der Waals surface area contributed by atoms with E-state index in [2.05, 4.69) is 4.98 Å². The number of aliphatic carboxylic acids is 1. The molecule has 0 fully saturated rings. The maximum absolute atomic E-state index is 10.3. The molecule has 0 aliphatic heterocycles. The summed E-state index contributed by atoms with van der Waals surface area (Å²) in [5, 5.41) is 8.44. The van der Waals surface area contributed by atoms with Crippen LogP contribution in [0.2, 0.25) is 0 Å². The third-order valence-electron chi connectivity index (χ3n) is 1.22. The number of carbonyl (C=O) groups is 1. The molecule has 0 spiro atoms. The van der Waals surface area contributed by atoms with E-state index in [0.717, 1.165) is 4.88 Å². The molecule has 0 amide bonds. The van der Waals surface area contributed by atoms with Crippen LogP contribution in [0.4, 0.5) is 0 Å². The molecule has 0 saturated heterocycles. The first-order valence-electron chi connectivity index (χ1n) is 3.06. The Morgan fingerprint density at radius 1 is 1.91 bits per heavy atom. The Bertz CT molecular complexity index is 235. The van der Waals surface area contributed by atoms with E-state index in [-0.39, 0.29) is 0 Å². The standard InChI is InChI=1S/C6H8N2O2S/c7-5(6(9)10)1-4-2-8-3-11-4/h2-3,5H,1,7H2,(H,9,10)/t5-/m1/s1. The Kier molecular flexibility index (Phi) is 2.56. The van der Waals surface area contributed by atoms with E-state index in [0.29, 0.717) is 6.42 Å². The van der Waals surface area contributed by atoms with E-state index in [1.54, 1.807) is 11.7 Å². The van der Waals surface area contributed by atoms with Crippen LogP contribution in [0.3, 0.4) is 0 Å². The summed E-state index contributed by atoms with van der Waals surface area (Å²) in [6.45, 7) is 0. The van der Waals surface area contributed by atoms with Gasteiger partial charge >= 0.3 is 5.97 Å². The first-order chi connectivity index (χ1) is 5.20. The third-order valence-corrected chi connectivity index (χ3v) is 2.02. The third kappa shape index (κ3) is 2.28. The van der Waals surface area contributed by atoms with Gasteiger partial charge in [0.25, 0.3) is 0 Å². The van der Waals surface area contributed by atoms with Crippen LogP contribution in [-0.2, 0) is 11.2 Å². The molecule has 11 heavy (non-hydrogen) atoms. The summed E-state index contributed by atoms with van der Waals surface area (Å²) in [5.41, 5.74) is 6.94. The largest absolute Gasteiger partial charge is 0.480 e. The van der Waals surface area contributed by atoms with Crippen molar-refractivity contribution < 1.29 is 9.90 Å². The first kappa shape index (κ1) is 8.16. The lowest BCUT2D eigenvalue weighted by Gasteiger charge is -2.01. The molecule has 0 saturated carbocycles. The summed E-state index contributed by atoms with van der Waals surface area (Å²) in [6, 6.07) is -0.810. The molecule has 4 nitrogen and oxygen atoms in total. The van der Waals surface area contributed by atoms with Gasteiger partial charge < -0.3 is 10.8 Å². The maximum atomic E-state index is 10.3. The van der Waals surface area contributed by atoms with Crippen molar-refractivity contribution in [1.82, 2.24) is 4.98 Å². The van der Waals surface area contributed by atoms with Crippen LogP contribution >= 0.6 is 11.3 Å². The molecule has 60 valence electrons. The van der Waals surface area contributed by atoms with Crippen LogP contribution in [0.5, 0.6) is 0 Å². The van der Waals surface area contributed by atoms with Crippen molar-refractivity contribution in [3.63, 3.8) is 0 Å². The summed E-state index contributed by atoms with van der Waals surface area (Å²) < 4.78 is 0. The number of nitrogens with zero attached hydrogens (tertiary/aromatic N) is 1. The average molecular weight is 172 g/mol. The highest BCUT2D eigenvalue weighted by Gasteiger charge is 2.12. The lowest BCUT2D eigenvalue weighted by atomic mass is 10.2. The van der Waals surface area contributed by atoms with E-state index >= 15 is 0 Å². The molecule has 0 aliphatic carbocycles. The predicted octanol–water partition coefficient (Wildman–Crippen LogP) is 0.0975. The summed E-state index contributed by atoms with van der Waals surface area (Å²) in [4.78, 5) is 15.0. The van der Waals surface area contributed by atoms with Gasteiger partial charge in [-0.25, -0.2) is 0 Å². The molecule has 1 atom stereocenters. The van der Waals surface area contributed by atoms with Crippen molar-refractivity contribution in [2.24, 2.45) is 5.73 Å². The van der Waals surface area contributed by atoms with Gasteiger partial charge in [-0.2, -0.15) is 0 Å². The monoisotopic (exact) mass is 172 g/mol. The van der Waals surface area contributed by atoms with Crippen molar-refractivity contribution >= 4 is 17.3 Å². The highest BCUT2D eigenvalue weighted by Crippen LogP contribution is 2.07. The van der Waals surface area contributed by atoms with Gasteiger partial charge in [0, 0.05) is 17.5 Å². The number of thiazole rings is 1. The maximum Gasteiger partial charge on any atom is 0.320 e. The van der Waals surface area contributed by atoms with E-state index in [4.69, 9.17) is 10.8 Å². The SMILES string of the molecule is N[C@H](Cc1cncs1)C(=O)O. The summed E-state index contributed by atoms with van der Waals surface area (Å²) >= 11 is 1.41. The van der Waals surface area contributed by atoms with Crippen molar-refractivity contribution in [1.29, 1.82) is 0 Å². The van der Waals surface area contributed by atoms with E-state index in [1.807, 2.05) is 0 Å². The summed E-state index contributed by atoms with van der Waals surface area (Å²) in [5.74, 6) is -0.974. The van der Waals surface area contributed by atoms with Crippen molar-refractivity contribution in [3.05, 3.63) is 16.6 Å². The lowest BCUT2D eigenvalue weighted by molar-refractivity contribution is -0.138. The van der Waals surface area contributed by atoms with Crippen LogP contribution in [0.1, 0.15) is 4.88 Å². The fourth-order valence-electron chi connectivity index (χ4n) is 0.647. The van der Waals surface area contributed by atoms with Crippen LogP contribution in [0.15, 0.2) is 11.7 Å². The van der Waals surface area contributed by atoms with Crippen LogP contribution in [-0.4, -0.2) is 22.1 Å². The number of hydrogen-bond acceptors (Lipinski definition) is 4. The number of hydrogen-bond donors (Lipinski definition) is 2. The second kappa shape index (κ2) is 3.45. The molecule has 0 aromatic carbocycles. The van der Waals surface area contributed by atoms with Gasteiger partial charge in [0.1, 0.15) is 6.04 Å². The van der Waals surface area contributed by atoms with Gasteiger partial charge in [-0.05, 0) is 0 Å². The van der Waals surface area contributed by atoms with Crippen LogP contribution < -0.4 is 5.73 Å². The molecule has 0 radical (unpaired) electrons. The van der Waals surface area contributed by atoms with Gasteiger partial charge in [-0.3, -0.25) is 9.78 Å². The zero-order valence-corrected chi connectivity index (χ0v) is 6.54. The number of carboxylic acids is 1. The number of carboxylic acid groups (broad SMARTS) is 1. The Morgan fingerprint density at radius 2 is 2.64 bits per heavy atom. The quantitative estimate of drug-likeness (QED) is 0.677. The molecule has 0 unspecified atom stereocenters. The van der Waals surface area contributed by atoms with E-state index in [1.165, 1.54) is 11.3 Å². The summed E-state index contributed by atoms with van der Waals surface area (Å²) in [6.07, 6.45) is 1.99. The number of aromatic nitrogens is 1. The Balaban J connectivity index is 2.50. The minimum Gasteiger partial charge on any atom is -0.480 e. The number of rotatable bonds is 3. The smallest absolute Gasteiger partial charge is 0.320 e. The van der Waals surface area contributed by atoms with Crippen LogP contribution in [0, 0.1) is 0 Å². The minimum absolute atomic E-state index is 0.361. The minimum atomic E-state index is -0.974. The average Bonchev–Trinajstić information content (AvgIpc) is 2.39. The van der Waals surface area contributed by atoms with Gasteiger partial charge in [0.2, 0.25) is 0 Å². The van der Waals surface area contributed by atoms with Gasteiger partial charge in [-0.15, -0.1) is 11.3 Å². The molecule has 1 rings (SSSR count). The number of nitrogens with two attached hydrogens (primary N) is 1. The second-order valence-corrected chi connectivity index (χ2v) is 3.09. The van der Waals surface area contributed by atoms with E-state index < -0.39 is 12.0 Å². The molecule has 0 bridgehead atoms. The second-order valence-electron chi connectivity index (χ2n) is 2.12. The van der Waals surface area contributed by atoms with Gasteiger partial charge in [-0.1, -0.05) is 0 Å². The fraction of sp³-hybridized carbons (Fsp3) is 0.333.